The molecule has 1 atom stereocenters. The van der Waals surface area contributed by atoms with Gasteiger partial charge in [0.2, 0.25) is 11.8 Å². The lowest BCUT2D eigenvalue weighted by molar-refractivity contribution is -0.123. The van der Waals surface area contributed by atoms with Gasteiger partial charge in [-0.25, -0.2) is 9.37 Å². The maximum atomic E-state index is 13.2. The van der Waals surface area contributed by atoms with Crippen LogP contribution in [0.2, 0.25) is 0 Å². The van der Waals surface area contributed by atoms with Crippen LogP contribution < -0.4 is 10.6 Å². The van der Waals surface area contributed by atoms with Gasteiger partial charge in [0.25, 0.3) is 0 Å². The number of nitrogens with zero attached hydrogens (tertiary/aromatic N) is 2. The monoisotopic (exact) mass is 434 g/mol. The van der Waals surface area contributed by atoms with Crippen molar-refractivity contribution >= 4 is 39.2 Å². The molecule has 6 nitrogen and oxygen atoms in total. The highest BCUT2D eigenvalue weighted by Gasteiger charge is 2.27. The van der Waals surface area contributed by atoms with Gasteiger partial charge in [-0.15, -0.1) is 0 Å². The van der Waals surface area contributed by atoms with Crippen LogP contribution in [0.4, 0.5) is 15.9 Å². The minimum atomic E-state index is -0.399. The number of piperidine rings is 1. The molecule has 142 valence electrons. The van der Waals surface area contributed by atoms with Crippen molar-refractivity contribution in [2.45, 2.75) is 12.8 Å². The zero-order chi connectivity index (χ0) is 19.2. The number of rotatable bonds is 5. The maximum Gasteiger partial charge on any atom is 0.238 e. The Bertz CT molecular complexity index is 816. The first-order valence-electron chi connectivity index (χ1n) is 8.70. The van der Waals surface area contributed by atoms with Crippen molar-refractivity contribution in [2.24, 2.45) is 5.92 Å². The van der Waals surface area contributed by atoms with Crippen LogP contribution in [0.15, 0.2) is 47.1 Å². The second kappa shape index (κ2) is 9.05. The van der Waals surface area contributed by atoms with Gasteiger partial charge in [0.1, 0.15) is 11.6 Å². The van der Waals surface area contributed by atoms with E-state index in [1.165, 1.54) is 12.1 Å². The van der Waals surface area contributed by atoms with E-state index < -0.39 is 5.82 Å². The summed E-state index contributed by atoms with van der Waals surface area (Å²) in [6, 6.07) is 9.32. The topological polar surface area (TPSA) is 74.3 Å². The van der Waals surface area contributed by atoms with E-state index in [1.54, 1.807) is 24.4 Å². The summed E-state index contributed by atoms with van der Waals surface area (Å²) < 4.78 is 14.0. The largest absolute Gasteiger partial charge is 0.325 e. The number of carbonyl (C=O) groups is 2. The van der Waals surface area contributed by atoms with Crippen molar-refractivity contribution in [3.8, 4) is 0 Å². The van der Waals surface area contributed by atoms with Gasteiger partial charge in [0, 0.05) is 22.9 Å². The summed E-state index contributed by atoms with van der Waals surface area (Å²) in [5, 5.41) is 5.50. The van der Waals surface area contributed by atoms with Crippen molar-refractivity contribution in [1.82, 2.24) is 9.88 Å². The maximum absolute atomic E-state index is 13.2. The molecule has 1 saturated heterocycles. The van der Waals surface area contributed by atoms with Crippen LogP contribution in [-0.2, 0) is 9.59 Å². The molecule has 2 heterocycles. The van der Waals surface area contributed by atoms with E-state index in [9.17, 15) is 14.0 Å². The summed E-state index contributed by atoms with van der Waals surface area (Å²) in [5.41, 5.74) is 0.424. The number of halogens is 2. The molecule has 0 saturated carbocycles. The molecule has 2 N–H and O–H groups in total. The number of carbonyl (C=O) groups excluding carboxylic acids is 2. The molecule has 0 radical (unpaired) electrons. The van der Waals surface area contributed by atoms with Gasteiger partial charge in [-0.1, -0.05) is 6.07 Å². The number of nitrogens with one attached hydrogen (secondary N) is 2. The first kappa shape index (κ1) is 19.4. The third kappa shape index (κ3) is 5.83. The molecule has 0 aliphatic carbocycles. The number of hydrogen-bond donors (Lipinski definition) is 2. The van der Waals surface area contributed by atoms with E-state index >= 15 is 0 Å². The van der Waals surface area contributed by atoms with Crippen LogP contribution >= 0.6 is 15.9 Å². The van der Waals surface area contributed by atoms with Crippen LogP contribution in [-0.4, -0.2) is 41.3 Å². The van der Waals surface area contributed by atoms with Gasteiger partial charge < -0.3 is 10.6 Å². The molecule has 1 unspecified atom stereocenters. The zero-order valence-corrected chi connectivity index (χ0v) is 16.2. The molecule has 1 aliphatic heterocycles. The van der Waals surface area contributed by atoms with Crippen molar-refractivity contribution < 1.29 is 14.0 Å². The molecule has 0 spiro atoms. The van der Waals surface area contributed by atoms with E-state index in [0.29, 0.717) is 18.1 Å². The lowest BCUT2D eigenvalue weighted by Crippen LogP contribution is -2.44. The third-order valence-corrected chi connectivity index (χ3v) is 4.80. The van der Waals surface area contributed by atoms with Gasteiger partial charge in [-0.2, -0.15) is 0 Å². The summed E-state index contributed by atoms with van der Waals surface area (Å²) in [5.74, 6) is -0.421. The van der Waals surface area contributed by atoms with Crippen LogP contribution in [0, 0.1) is 11.7 Å². The predicted molar refractivity (Wildman–Crippen MR) is 105 cm³/mol. The van der Waals surface area contributed by atoms with Crippen molar-refractivity contribution in [3.05, 3.63) is 52.9 Å². The quantitative estimate of drug-likeness (QED) is 0.756. The van der Waals surface area contributed by atoms with Gasteiger partial charge in [-0.05, 0) is 65.6 Å². The highest BCUT2D eigenvalue weighted by molar-refractivity contribution is 9.10. The number of pyridine rings is 1. The number of aromatic nitrogens is 1. The number of likely N-dealkylation sites (tertiary alicyclic amines) is 1. The highest BCUT2D eigenvalue weighted by Crippen LogP contribution is 2.19. The van der Waals surface area contributed by atoms with E-state index in [4.69, 9.17) is 0 Å². The average molecular weight is 435 g/mol. The fraction of sp³-hybridized carbons (Fsp3) is 0.316. The lowest BCUT2D eigenvalue weighted by atomic mass is 9.97. The molecule has 3 rings (SSSR count). The molecule has 1 aliphatic rings. The van der Waals surface area contributed by atoms with Crippen molar-refractivity contribution in [2.75, 3.05) is 30.3 Å². The SMILES string of the molecule is O=C(CN1CCCC(C(=O)Nc2ccc(Br)cn2)C1)Nc1cccc(F)c1. The summed E-state index contributed by atoms with van der Waals surface area (Å²) in [7, 11) is 0. The summed E-state index contributed by atoms with van der Waals surface area (Å²) in [4.78, 5) is 30.8. The van der Waals surface area contributed by atoms with Gasteiger partial charge in [-0.3, -0.25) is 14.5 Å². The number of hydrogen-bond acceptors (Lipinski definition) is 4. The summed E-state index contributed by atoms with van der Waals surface area (Å²) in [6.45, 7) is 1.41. The van der Waals surface area contributed by atoms with E-state index in [0.717, 1.165) is 23.9 Å². The normalized spacial score (nSPS) is 17.3. The molecule has 8 heteroatoms. The Hall–Kier alpha value is -2.32. The highest BCUT2D eigenvalue weighted by atomic mass is 79.9. The van der Waals surface area contributed by atoms with Gasteiger partial charge in [0.05, 0.1) is 12.5 Å². The Balaban J connectivity index is 1.51. The fourth-order valence-electron chi connectivity index (χ4n) is 3.06. The minimum absolute atomic E-state index is 0.0972. The van der Waals surface area contributed by atoms with Crippen LogP contribution in [0.25, 0.3) is 0 Å². The Labute approximate surface area is 165 Å². The molecule has 1 fully saturated rings. The Morgan fingerprint density at radius 3 is 2.85 bits per heavy atom. The molecular formula is C19H20BrFN4O2. The number of anilines is 2. The minimum Gasteiger partial charge on any atom is -0.325 e. The van der Waals surface area contributed by atoms with Gasteiger partial charge >= 0.3 is 0 Å². The first-order valence-corrected chi connectivity index (χ1v) is 9.49. The molecule has 27 heavy (non-hydrogen) atoms. The van der Waals surface area contributed by atoms with Crippen molar-refractivity contribution in [1.29, 1.82) is 0 Å². The van der Waals surface area contributed by atoms with Crippen LogP contribution in [0.5, 0.6) is 0 Å². The molecule has 1 aromatic carbocycles. The molecule has 2 aromatic rings. The smallest absolute Gasteiger partial charge is 0.238 e. The molecule has 1 aromatic heterocycles. The Kier molecular flexibility index (Phi) is 6.52. The second-order valence-corrected chi connectivity index (χ2v) is 7.40. The van der Waals surface area contributed by atoms with Crippen molar-refractivity contribution in [3.63, 3.8) is 0 Å². The fourth-order valence-corrected chi connectivity index (χ4v) is 3.30. The van der Waals surface area contributed by atoms with Crippen LogP contribution in [0.3, 0.4) is 0 Å². The lowest BCUT2D eigenvalue weighted by Gasteiger charge is -2.31. The second-order valence-electron chi connectivity index (χ2n) is 6.48. The standard InChI is InChI=1S/C19H20BrFN4O2/c20-14-6-7-17(22-10-14)24-19(27)13-3-2-8-25(11-13)12-18(26)23-16-5-1-4-15(21)9-16/h1,4-7,9-10,13H,2-3,8,11-12H2,(H,23,26)(H,22,24,27). The summed E-state index contributed by atoms with van der Waals surface area (Å²) >= 11 is 3.31. The molecular weight excluding hydrogens is 415 g/mol. The average Bonchev–Trinajstić information content (AvgIpc) is 2.63. The first-order chi connectivity index (χ1) is 13.0. The summed E-state index contributed by atoms with van der Waals surface area (Å²) in [6.07, 6.45) is 3.23. The van der Waals surface area contributed by atoms with E-state index in [-0.39, 0.29) is 24.3 Å². The Morgan fingerprint density at radius 1 is 1.26 bits per heavy atom. The van der Waals surface area contributed by atoms with E-state index in [2.05, 4.69) is 31.5 Å². The Morgan fingerprint density at radius 2 is 2.11 bits per heavy atom. The number of benzene rings is 1. The van der Waals surface area contributed by atoms with E-state index in [1.807, 2.05) is 11.0 Å². The van der Waals surface area contributed by atoms with Gasteiger partial charge in [0.15, 0.2) is 0 Å². The third-order valence-electron chi connectivity index (χ3n) is 4.33. The number of amides is 2. The van der Waals surface area contributed by atoms with Crippen LogP contribution in [0.1, 0.15) is 12.8 Å². The zero-order valence-electron chi connectivity index (χ0n) is 14.6. The molecule has 2 amide bonds. The molecule has 0 bridgehead atoms. The predicted octanol–water partition coefficient (Wildman–Crippen LogP) is 3.27.